The highest BCUT2D eigenvalue weighted by molar-refractivity contribution is 5.90. The second-order valence-electron chi connectivity index (χ2n) is 4.68. The number of esters is 1. The second kappa shape index (κ2) is 6.50. The minimum Gasteiger partial charge on any atom is -0.466 e. The zero-order valence-corrected chi connectivity index (χ0v) is 11.1. The van der Waals surface area contributed by atoms with Gasteiger partial charge in [-0.15, -0.1) is 0 Å². The summed E-state index contributed by atoms with van der Waals surface area (Å²) in [4.78, 5) is 13.9. The van der Waals surface area contributed by atoms with Gasteiger partial charge in [-0.25, -0.2) is 4.79 Å². The molecule has 1 aromatic carbocycles. The third-order valence-corrected chi connectivity index (χ3v) is 3.41. The summed E-state index contributed by atoms with van der Waals surface area (Å²) in [6, 6.07) is 10.2. The fourth-order valence-electron chi connectivity index (χ4n) is 2.34. The summed E-state index contributed by atoms with van der Waals surface area (Å²) in [5, 5.41) is 9.30. The van der Waals surface area contributed by atoms with Crippen LogP contribution < -0.4 is 0 Å². The van der Waals surface area contributed by atoms with Gasteiger partial charge in [-0.2, -0.15) is 0 Å². The van der Waals surface area contributed by atoms with Crippen molar-refractivity contribution in [2.24, 2.45) is 0 Å². The van der Waals surface area contributed by atoms with E-state index < -0.39 is 0 Å². The van der Waals surface area contributed by atoms with Gasteiger partial charge in [0, 0.05) is 19.6 Å². The van der Waals surface area contributed by atoms with Crippen molar-refractivity contribution in [3.05, 3.63) is 47.0 Å². The predicted molar refractivity (Wildman–Crippen MR) is 72.5 cm³/mol. The van der Waals surface area contributed by atoms with Crippen molar-refractivity contribution in [2.75, 3.05) is 26.8 Å². The van der Waals surface area contributed by atoms with Crippen LogP contribution in [0, 0.1) is 0 Å². The number of rotatable bonds is 4. The standard InChI is InChI=1S/C15H19NO3/c1-19-15(18)14-10-16(8-7-13(14)11-17)9-12-5-3-2-4-6-12/h2-6,17H,7-11H2,1H3. The van der Waals surface area contributed by atoms with Crippen LogP contribution in [0.25, 0.3) is 0 Å². The highest BCUT2D eigenvalue weighted by Gasteiger charge is 2.23. The molecule has 0 aromatic heterocycles. The molecule has 1 aliphatic heterocycles. The van der Waals surface area contributed by atoms with Gasteiger partial charge in [0.25, 0.3) is 0 Å². The van der Waals surface area contributed by atoms with Crippen LogP contribution >= 0.6 is 0 Å². The van der Waals surface area contributed by atoms with Gasteiger partial charge in [0.05, 0.1) is 19.3 Å². The van der Waals surface area contributed by atoms with E-state index >= 15 is 0 Å². The van der Waals surface area contributed by atoms with E-state index in [1.54, 1.807) is 0 Å². The van der Waals surface area contributed by atoms with Gasteiger partial charge in [-0.1, -0.05) is 30.3 Å². The van der Waals surface area contributed by atoms with Gasteiger partial charge in [-0.05, 0) is 17.6 Å². The first-order chi connectivity index (χ1) is 9.24. The molecule has 4 heteroatoms. The summed E-state index contributed by atoms with van der Waals surface area (Å²) in [6.45, 7) is 2.13. The van der Waals surface area contributed by atoms with Crippen molar-refractivity contribution in [2.45, 2.75) is 13.0 Å². The fraction of sp³-hybridized carbons (Fsp3) is 0.400. The molecule has 0 saturated heterocycles. The van der Waals surface area contributed by atoms with Gasteiger partial charge >= 0.3 is 5.97 Å². The lowest BCUT2D eigenvalue weighted by atomic mass is 10.00. The Bertz CT molecular complexity index is 468. The number of methoxy groups -OCH3 is 1. The molecular weight excluding hydrogens is 242 g/mol. The smallest absolute Gasteiger partial charge is 0.335 e. The van der Waals surface area contributed by atoms with Gasteiger partial charge in [0.1, 0.15) is 0 Å². The van der Waals surface area contributed by atoms with Crippen LogP contribution in [0.3, 0.4) is 0 Å². The summed E-state index contributed by atoms with van der Waals surface area (Å²) in [5.74, 6) is -0.332. The minimum absolute atomic E-state index is 0.0659. The number of aliphatic hydroxyl groups is 1. The third-order valence-electron chi connectivity index (χ3n) is 3.41. The maximum atomic E-state index is 11.7. The number of hydrogen-bond donors (Lipinski definition) is 1. The molecule has 0 radical (unpaired) electrons. The molecule has 0 bridgehead atoms. The molecule has 0 unspecified atom stereocenters. The van der Waals surface area contributed by atoms with Crippen molar-refractivity contribution in [1.29, 1.82) is 0 Å². The Labute approximate surface area is 113 Å². The lowest BCUT2D eigenvalue weighted by Gasteiger charge is -2.29. The Kier molecular flexibility index (Phi) is 4.71. The van der Waals surface area contributed by atoms with Gasteiger partial charge in [0.15, 0.2) is 0 Å². The zero-order chi connectivity index (χ0) is 13.7. The Balaban J connectivity index is 2.08. The maximum absolute atomic E-state index is 11.7. The summed E-state index contributed by atoms with van der Waals surface area (Å²) < 4.78 is 4.79. The molecule has 0 aliphatic carbocycles. The Hall–Kier alpha value is -1.65. The minimum atomic E-state index is -0.332. The second-order valence-corrected chi connectivity index (χ2v) is 4.68. The van der Waals surface area contributed by atoms with Gasteiger partial charge in [-0.3, -0.25) is 4.90 Å². The topological polar surface area (TPSA) is 49.8 Å². The van der Waals surface area contributed by atoms with E-state index in [1.807, 2.05) is 18.2 Å². The van der Waals surface area contributed by atoms with E-state index in [0.717, 1.165) is 18.7 Å². The number of nitrogens with zero attached hydrogens (tertiary/aromatic N) is 1. The average molecular weight is 261 g/mol. The first-order valence-electron chi connectivity index (χ1n) is 6.41. The average Bonchev–Trinajstić information content (AvgIpc) is 2.47. The van der Waals surface area contributed by atoms with Crippen molar-refractivity contribution < 1.29 is 14.6 Å². The number of ether oxygens (including phenoxy) is 1. The molecule has 0 saturated carbocycles. The lowest BCUT2D eigenvalue weighted by Crippen LogP contribution is -2.34. The fourth-order valence-corrected chi connectivity index (χ4v) is 2.34. The molecule has 0 amide bonds. The van der Waals surface area contributed by atoms with Crippen molar-refractivity contribution >= 4 is 5.97 Å². The monoisotopic (exact) mass is 261 g/mol. The van der Waals surface area contributed by atoms with Gasteiger partial charge in [0.2, 0.25) is 0 Å². The maximum Gasteiger partial charge on any atom is 0.335 e. The Morgan fingerprint density at radius 1 is 1.37 bits per heavy atom. The molecule has 1 heterocycles. The molecular formula is C15H19NO3. The van der Waals surface area contributed by atoms with E-state index in [0.29, 0.717) is 18.5 Å². The normalized spacial score (nSPS) is 16.5. The molecule has 2 rings (SSSR count). The zero-order valence-electron chi connectivity index (χ0n) is 11.1. The lowest BCUT2D eigenvalue weighted by molar-refractivity contribution is -0.136. The Morgan fingerprint density at radius 3 is 2.74 bits per heavy atom. The predicted octanol–water partition coefficient (Wildman–Crippen LogP) is 1.35. The molecule has 1 aromatic rings. The number of carbonyl (C=O) groups is 1. The van der Waals surface area contributed by atoms with E-state index in [-0.39, 0.29) is 12.6 Å². The summed E-state index contributed by atoms with van der Waals surface area (Å²) in [5.41, 5.74) is 2.63. The Morgan fingerprint density at radius 2 is 2.11 bits per heavy atom. The van der Waals surface area contributed by atoms with Crippen LogP contribution in [0.4, 0.5) is 0 Å². The molecule has 1 aliphatic rings. The number of hydrogen-bond acceptors (Lipinski definition) is 4. The number of benzene rings is 1. The SMILES string of the molecule is COC(=O)C1=C(CO)CCN(Cc2ccccc2)C1. The molecule has 0 atom stereocenters. The molecule has 0 fully saturated rings. The number of carbonyl (C=O) groups excluding carboxylic acids is 1. The summed E-state index contributed by atoms with van der Waals surface area (Å²) >= 11 is 0. The highest BCUT2D eigenvalue weighted by atomic mass is 16.5. The number of aliphatic hydroxyl groups excluding tert-OH is 1. The van der Waals surface area contributed by atoms with Crippen LogP contribution in [0.2, 0.25) is 0 Å². The van der Waals surface area contributed by atoms with Gasteiger partial charge < -0.3 is 9.84 Å². The van der Waals surface area contributed by atoms with Crippen molar-refractivity contribution in [3.8, 4) is 0 Å². The van der Waals surface area contributed by atoms with E-state index in [4.69, 9.17) is 4.74 Å². The van der Waals surface area contributed by atoms with E-state index in [9.17, 15) is 9.90 Å². The summed E-state index contributed by atoms with van der Waals surface area (Å²) in [6.07, 6.45) is 0.716. The first-order valence-corrected chi connectivity index (χ1v) is 6.41. The first kappa shape index (κ1) is 13.8. The van der Waals surface area contributed by atoms with Crippen LogP contribution in [0.1, 0.15) is 12.0 Å². The van der Waals surface area contributed by atoms with Crippen molar-refractivity contribution in [1.82, 2.24) is 4.90 Å². The molecule has 4 nitrogen and oxygen atoms in total. The van der Waals surface area contributed by atoms with E-state index in [2.05, 4.69) is 17.0 Å². The van der Waals surface area contributed by atoms with Crippen LogP contribution in [0.15, 0.2) is 41.5 Å². The highest BCUT2D eigenvalue weighted by Crippen LogP contribution is 2.20. The molecule has 102 valence electrons. The van der Waals surface area contributed by atoms with Crippen LogP contribution in [0.5, 0.6) is 0 Å². The van der Waals surface area contributed by atoms with E-state index in [1.165, 1.54) is 12.7 Å². The summed E-state index contributed by atoms with van der Waals surface area (Å²) in [7, 11) is 1.38. The van der Waals surface area contributed by atoms with Crippen LogP contribution in [-0.2, 0) is 16.1 Å². The molecule has 1 N–H and O–H groups in total. The van der Waals surface area contributed by atoms with Crippen LogP contribution in [-0.4, -0.2) is 42.8 Å². The third kappa shape index (κ3) is 3.43. The quantitative estimate of drug-likeness (QED) is 0.831. The van der Waals surface area contributed by atoms with Crippen molar-refractivity contribution in [3.63, 3.8) is 0 Å². The molecule has 19 heavy (non-hydrogen) atoms. The largest absolute Gasteiger partial charge is 0.466 e. The molecule has 0 spiro atoms.